The van der Waals surface area contributed by atoms with Crippen molar-refractivity contribution < 1.29 is 17.9 Å². The number of halogens is 4. The maximum absolute atomic E-state index is 13.2. The van der Waals surface area contributed by atoms with Gasteiger partial charge in [-0.15, -0.1) is 0 Å². The van der Waals surface area contributed by atoms with Gasteiger partial charge < -0.3 is 4.74 Å². The first-order valence-electron chi connectivity index (χ1n) is 7.64. The molecule has 0 bridgehead atoms. The number of sulfonamides is 1. The van der Waals surface area contributed by atoms with Crippen LogP contribution in [0.2, 0.25) is 15.1 Å². The van der Waals surface area contributed by atoms with Crippen LogP contribution in [0.4, 0.5) is 5.69 Å². The Kier molecular flexibility index (Phi) is 7.44. The second kappa shape index (κ2) is 9.01. The third-order valence-corrected chi connectivity index (χ3v) is 6.59. The number of anilines is 1. The molecular weight excluding hydrogens is 501 g/mol. The molecule has 0 aliphatic carbocycles. The maximum Gasteiger partial charge on any atom is 0.327 e. The minimum Gasteiger partial charge on any atom is -0.462 e. The Hall–Kier alpha value is -0.990. The van der Waals surface area contributed by atoms with E-state index in [4.69, 9.17) is 39.5 Å². The van der Waals surface area contributed by atoms with Crippen molar-refractivity contribution in [1.29, 1.82) is 0 Å². The summed E-state index contributed by atoms with van der Waals surface area (Å²) in [5.41, 5.74) is 0.131. The standard InChI is InChI=1S/C17H15BrCl3NO4S/c1-10(2)26-17(23)9-22(16-6-3-11(18)7-15(16)21)27(24,25)12-4-5-13(19)14(20)8-12/h3-8,10H,9H2,1-2H3. The van der Waals surface area contributed by atoms with Crippen molar-refractivity contribution in [2.75, 3.05) is 10.8 Å². The Balaban J connectivity index is 2.56. The number of benzene rings is 2. The third kappa shape index (κ3) is 5.51. The zero-order valence-electron chi connectivity index (χ0n) is 14.2. The molecule has 146 valence electrons. The Morgan fingerprint density at radius 1 is 1.07 bits per heavy atom. The Labute approximate surface area is 181 Å². The lowest BCUT2D eigenvalue weighted by molar-refractivity contribution is -0.145. The molecule has 2 aromatic rings. The second-order valence-corrected chi connectivity index (χ2v) is 9.72. The quantitative estimate of drug-likeness (QED) is 0.473. The van der Waals surface area contributed by atoms with Gasteiger partial charge in [0.25, 0.3) is 10.0 Å². The number of ether oxygens (including phenoxy) is 1. The van der Waals surface area contributed by atoms with Crippen molar-refractivity contribution in [2.45, 2.75) is 24.8 Å². The molecule has 0 saturated heterocycles. The van der Waals surface area contributed by atoms with Crippen LogP contribution in [-0.4, -0.2) is 27.0 Å². The predicted molar refractivity (Wildman–Crippen MR) is 111 cm³/mol. The summed E-state index contributed by atoms with van der Waals surface area (Å²) in [6.45, 7) is 2.78. The van der Waals surface area contributed by atoms with Gasteiger partial charge in [0.15, 0.2) is 0 Å². The largest absolute Gasteiger partial charge is 0.462 e. The van der Waals surface area contributed by atoms with Gasteiger partial charge in [-0.3, -0.25) is 9.10 Å². The highest BCUT2D eigenvalue weighted by atomic mass is 79.9. The molecule has 0 fully saturated rings. The lowest BCUT2D eigenvalue weighted by atomic mass is 10.3. The molecule has 0 aromatic heterocycles. The molecule has 0 saturated carbocycles. The van der Waals surface area contributed by atoms with Crippen LogP contribution in [0.1, 0.15) is 13.8 Å². The van der Waals surface area contributed by atoms with E-state index in [0.717, 1.165) is 4.31 Å². The molecule has 0 radical (unpaired) electrons. The number of hydrogen-bond acceptors (Lipinski definition) is 4. The lowest BCUT2D eigenvalue weighted by Gasteiger charge is -2.25. The van der Waals surface area contributed by atoms with Crippen LogP contribution in [0.25, 0.3) is 0 Å². The molecule has 0 amide bonds. The molecule has 2 rings (SSSR count). The van der Waals surface area contributed by atoms with E-state index in [9.17, 15) is 13.2 Å². The summed E-state index contributed by atoms with van der Waals surface area (Å²) in [7, 11) is -4.17. The molecule has 10 heteroatoms. The van der Waals surface area contributed by atoms with Crippen molar-refractivity contribution in [3.05, 3.63) is 55.9 Å². The van der Waals surface area contributed by atoms with E-state index in [2.05, 4.69) is 15.9 Å². The summed E-state index contributed by atoms with van der Waals surface area (Å²) in [4.78, 5) is 12.1. The molecule has 0 aliphatic heterocycles. The van der Waals surface area contributed by atoms with Crippen LogP contribution in [0.15, 0.2) is 45.8 Å². The van der Waals surface area contributed by atoms with Gasteiger partial charge in [-0.25, -0.2) is 8.42 Å². The summed E-state index contributed by atoms with van der Waals surface area (Å²) in [5, 5.41) is 0.428. The molecule has 0 heterocycles. The zero-order chi connectivity index (χ0) is 20.4. The molecule has 0 spiro atoms. The smallest absolute Gasteiger partial charge is 0.327 e. The zero-order valence-corrected chi connectivity index (χ0v) is 18.9. The first-order valence-corrected chi connectivity index (χ1v) is 11.0. The first-order chi connectivity index (χ1) is 12.5. The van der Waals surface area contributed by atoms with E-state index >= 15 is 0 Å². The molecule has 0 atom stereocenters. The van der Waals surface area contributed by atoms with Crippen molar-refractivity contribution in [2.24, 2.45) is 0 Å². The van der Waals surface area contributed by atoms with Gasteiger partial charge in [0.1, 0.15) is 6.54 Å². The Bertz CT molecular complexity index is 967. The first kappa shape index (κ1) is 22.3. The highest BCUT2D eigenvalue weighted by Crippen LogP contribution is 2.34. The molecular formula is C17H15BrCl3NO4S. The van der Waals surface area contributed by atoms with Gasteiger partial charge in [-0.1, -0.05) is 50.7 Å². The second-order valence-electron chi connectivity index (χ2n) is 5.72. The van der Waals surface area contributed by atoms with Crippen LogP contribution in [0.3, 0.4) is 0 Å². The van der Waals surface area contributed by atoms with Gasteiger partial charge in [0.2, 0.25) is 0 Å². The number of carbonyl (C=O) groups is 1. The third-order valence-electron chi connectivity index (χ3n) is 3.30. The summed E-state index contributed by atoms with van der Waals surface area (Å²) in [5.74, 6) is -0.715. The Morgan fingerprint density at radius 2 is 1.74 bits per heavy atom. The fourth-order valence-corrected chi connectivity index (χ4v) is 4.81. The molecule has 0 unspecified atom stereocenters. The normalized spacial score (nSPS) is 11.5. The predicted octanol–water partition coefficient (Wildman–Crippen LogP) is 5.56. The van der Waals surface area contributed by atoms with E-state index in [1.807, 2.05) is 0 Å². The highest BCUT2D eigenvalue weighted by molar-refractivity contribution is 9.10. The minimum atomic E-state index is -4.17. The topological polar surface area (TPSA) is 63.7 Å². The highest BCUT2D eigenvalue weighted by Gasteiger charge is 2.30. The summed E-state index contributed by atoms with van der Waals surface area (Å²) in [6, 6.07) is 8.52. The van der Waals surface area contributed by atoms with Crippen molar-refractivity contribution >= 4 is 72.4 Å². The summed E-state index contributed by atoms with van der Waals surface area (Å²) >= 11 is 21.3. The van der Waals surface area contributed by atoms with Gasteiger partial charge in [0, 0.05) is 4.47 Å². The Morgan fingerprint density at radius 3 is 2.30 bits per heavy atom. The van der Waals surface area contributed by atoms with Crippen LogP contribution in [0.5, 0.6) is 0 Å². The van der Waals surface area contributed by atoms with Crippen LogP contribution < -0.4 is 4.31 Å². The monoisotopic (exact) mass is 513 g/mol. The van der Waals surface area contributed by atoms with E-state index < -0.39 is 28.6 Å². The van der Waals surface area contributed by atoms with Crippen LogP contribution in [-0.2, 0) is 19.6 Å². The summed E-state index contributed by atoms with van der Waals surface area (Å²) in [6.07, 6.45) is -0.396. The number of esters is 1. The van der Waals surface area contributed by atoms with Gasteiger partial charge in [0.05, 0.1) is 31.8 Å². The number of hydrogen-bond donors (Lipinski definition) is 0. The number of rotatable bonds is 6. The van der Waals surface area contributed by atoms with Gasteiger partial charge >= 0.3 is 5.97 Å². The van der Waals surface area contributed by atoms with Crippen molar-refractivity contribution in [3.8, 4) is 0 Å². The van der Waals surface area contributed by atoms with Crippen molar-refractivity contribution in [1.82, 2.24) is 0 Å². The molecule has 0 aliphatic rings. The summed E-state index contributed by atoms with van der Waals surface area (Å²) < 4.78 is 33.0. The fourth-order valence-electron chi connectivity index (χ4n) is 2.17. The van der Waals surface area contributed by atoms with E-state index in [0.29, 0.717) is 4.47 Å². The van der Waals surface area contributed by atoms with Gasteiger partial charge in [-0.2, -0.15) is 0 Å². The van der Waals surface area contributed by atoms with Gasteiger partial charge in [-0.05, 0) is 50.2 Å². The molecule has 0 N–H and O–H groups in total. The minimum absolute atomic E-state index is 0.0735. The average molecular weight is 516 g/mol. The molecule has 27 heavy (non-hydrogen) atoms. The molecule has 2 aromatic carbocycles. The van der Waals surface area contributed by atoms with Crippen molar-refractivity contribution in [3.63, 3.8) is 0 Å². The van der Waals surface area contributed by atoms with Crippen LogP contribution in [0, 0.1) is 0 Å². The molecule has 5 nitrogen and oxygen atoms in total. The number of carbonyl (C=O) groups excluding carboxylic acids is 1. The average Bonchev–Trinajstić information content (AvgIpc) is 2.55. The van der Waals surface area contributed by atoms with Crippen LogP contribution >= 0.6 is 50.7 Å². The SMILES string of the molecule is CC(C)OC(=O)CN(c1ccc(Br)cc1Cl)S(=O)(=O)c1ccc(Cl)c(Cl)c1. The maximum atomic E-state index is 13.2. The van der Waals surface area contributed by atoms with E-state index in [1.165, 1.54) is 30.3 Å². The van der Waals surface area contributed by atoms with E-state index in [1.54, 1.807) is 19.9 Å². The van der Waals surface area contributed by atoms with E-state index in [-0.39, 0.29) is 25.7 Å². The fraction of sp³-hybridized carbons (Fsp3) is 0.235. The lowest BCUT2D eigenvalue weighted by Crippen LogP contribution is -2.37. The number of nitrogens with zero attached hydrogens (tertiary/aromatic N) is 1.